The number of benzene rings is 1. The zero-order valence-corrected chi connectivity index (χ0v) is 14.5. The van der Waals surface area contributed by atoms with Crippen molar-refractivity contribution >= 4 is 5.91 Å². The molecule has 2 aromatic rings. The first-order valence-corrected chi connectivity index (χ1v) is 8.73. The molecule has 1 fully saturated rings. The van der Waals surface area contributed by atoms with Gasteiger partial charge >= 0.3 is 0 Å². The van der Waals surface area contributed by atoms with Crippen molar-refractivity contribution in [1.82, 2.24) is 14.8 Å². The molecule has 3 rings (SSSR count). The summed E-state index contributed by atoms with van der Waals surface area (Å²) in [4.78, 5) is 21.7. The van der Waals surface area contributed by atoms with Crippen LogP contribution in [0.3, 0.4) is 0 Å². The van der Waals surface area contributed by atoms with Crippen LogP contribution in [0, 0.1) is 6.92 Å². The van der Waals surface area contributed by atoms with Crippen LogP contribution >= 0.6 is 0 Å². The molecule has 0 aliphatic carbocycles. The minimum Gasteiger partial charge on any atom is -0.440 e. The summed E-state index contributed by atoms with van der Waals surface area (Å²) in [5.41, 5.74) is 1.33. The molecule has 5 nitrogen and oxygen atoms in total. The SMILES string of the molecule is CCCN1CCCN(C(=O)c2nc(C)oc2-c2ccccc2)CC1. The lowest BCUT2D eigenvalue weighted by atomic mass is 10.1. The zero-order chi connectivity index (χ0) is 16.9. The Hall–Kier alpha value is -2.14. The average molecular weight is 327 g/mol. The monoisotopic (exact) mass is 327 g/mol. The predicted octanol–water partition coefficient (Wildman–Crippen LogP) is 3.21. The van der Waals surface area contributed by atoms with Crippen LogP contribution in [-0.4, -0.2) is 53.4 Å². The Morgan fingerprint density at radius 3 is 2.71 bits per heavy atom. The highest BCUT2D eigenvalue weighted by Gasteiger charge is 2.26. The largest absolute Gasteiger partial charge is 0.440 e. The number of rotatable bonds is 4. The van der Waals surface area contributed by atoms with E-state index in [-0.39, 0.29) is 5.91 Å². The summed E-state index contributed by atoms with van der Waals surface area (Å²) >= 11 is 0. The summed E-state index contributed by atoms with van der Waals surface area (Å²) in [5, 5.41) is 0. The third-order valence-corrected chi connectivity index (χ3v) is 4.39. The van der Waals surface area contributed by atoms with E-state index >= 15 is 0 Å². The van der Waals surface area contributed by atoms with Crippen LogP contribution in [-0.2, 0) is 0 Å². The van der Waals surface area contributed by atoms with Crippen molar-refractivity contribution in [1.29, 1.82) is 0 Å². The number of carbonyl (C=O) groups is 1. The fraction of sp³-hybridized carbons (Fsp3) is 0.474. The Bertz CT molecular complexity index is 681. The molecule has 1 saturated heterocycles. The van der Waals surface area contributed by atoms with Crippen molar-refractivity contribution < 1.29 is 9.21 Å². The number of nitrogens with zero attached hydrogens (tertiary/aromatic N) is 3. The van der Waals surface area contributed by atoms with E-state index in [9.17, 15) is 4.79 Å². The third-order valence-electron chi connectivity index (χ3n) is 4.39. The van der Waals surface area contributed by atoms with Crippen molar-refractivity contribution in [3.63, 3.8) is 0 Å². The summed E-state index contributed by atoms with van der Waals surface area (Å²) in [6, 6.07) is 9.72. The second-order valence-corrected chi connectivity index (χ2v) is 6.26. The molecule has 1 aliphatic heterocycles. The van der Waals surface area contributed by atoms with E-state index in [0.29, 0.717) is 17.3 Å². The maximum absolute atomic E-state index is 13.0. The lowest BCUT2D eigenvalue weighted by Gasteiger charge is -2.21. The fourth-order valence-electron chi connectivity index (χ4n) is 3.22. The molecule has 0 radical (unpaired) electrons. The minimum atomic E-state index is -0.0240. The van der Waals surface area contributed by atoms with E-state index in [4.69, 9.17) is 4.42 Å². The van der Waals surface area contributed by atoms with E-state index in [2.05, 4.69) is 16.8 Å². The molecule has 1 aromatic heterocycles. The van der Waals surface area contributed by atoms with Crippen molar-refractivity contribution in [2.45, 2.75) is 26.7 Å². The van der Waals surface area contributed by atoms with Crippen molar-refractivity contribution in [2.75, 3.05) is 32.7 Å². The number of amides is 1. The van der Waals surface area contributed by atoms with E-state index in [1.54, 1.807) is 6.92 Å². The van der Waals surface area contributed by atoms with Crippen LogP contribution in [0.5, 0.6) is 0 Å². The highest BCUT2D eigenvalue weighted by molar-refractivity contribution is 5.97. The van der Waals surface area contributed by atoms with E-state index in [1.165, 1.54) is 0 Å². The Kier molecular flexibility index (Phi) is 5.30. The highest BCUT2D eigenvalue weighted by atomic mass is 16.4. The Labute approximate surface area is 143 Å². The van der Waals surface area contributed by atoms with Crippen molar-refractivity contribution in [2.24, 2.45) is 0 Å². The standard InChI is InChI=1S/C19H25N3O2/c1-3-10-21-11-7-12-22(14-13-21)19(23)17-18(24-15(2)20-17)16-8-5-4-6-9-16/h4-6,8-9H,3,7,10-14H2,1-2H3. The maximum atomic E-state index is 13.0. The summed E-state index contributed by atoms with van der Waals surface area (Å²) in [6.07, 6.45) is 2.15. The predicted molar refractivity (Wildman–Crippen MR) is 93.9 cm³/mol. The number of aryl methyl sites for hydroxylation is 1. The summed E-state index contributed by atoms with van der Waals surface area (Å²) < 4.78 is 5.73. The quantitative estimate of drug-likeness (QED) is 0.865. The zero-order valence-electron chi connectivity index (χ0n) is 14.5. The molecule has 128 valence electrons. The van der Waals surface area contributed by atoms with Gasteiger partial charge < -0.3 is 14.2 Å². The van der Waals surface area contributed by atoms with Gasteiger partial charge in [-0.3, -0.25) is 4.79 Å². The first kappa shape index (κ1) is 16.7. The first-order chi connectivity index (χ1) is 11.7. The normalized spacial score (nSPS) is 16.2. The molecule has 1 aliphatic rings. The van der Waals surface area contributed by atoms with E-state index < -0.39 is 0 Å². The first-order valence-electron chi connectivity index (χ1n) is 8.73. The molecule has 0 unspecified atom stereocenters. The molecule has 1 amide bonds. The summed E-state index contributed by atoms with van der Waals surface area (Å²) in [7, 11) is 0. The van der Waals surface area contributed by atoms with Gasteiger partial charge in [0.1, 0.15) is 0 Å². The van der Waals surface area contributed by atoms with Crippen LogP contribution in [0.15, 0.2) is 34.7 Å². The van der Waals surface area contributed by atoms with Crippen molar-refractivity contribution in [3.8, 4) is 11.3 Å². The molecule has 0 atom stereocenters. The Morgan fingerprint density at radius 1 is 1.17 bits per heavy atom. The number of aromatic nitrogens is 1. The maximum Gasteiger partial charge on any atom is 0.276 e. The van der Waals surface area contributed by atoms with E-state index in [1.807, 2.05) is 35.2 Å². The molecule has 5 heteroatoms. The molecular weight excluding hydrogens is 302 g/mol. The second kappa shape index (κ2) is 7.62. The van der Waals surface area contributed by atoms with Gasteiger partial charge in [0.05, 0.1) is 0 Å². The molecule has 0 bridgehead atoms. The van der Waals surface area contributed by atoms with Gasteiger partial charge in [0, 0.05) is 32.1 Å². The van der Waals surface area contributed by atoms with Gasteiger partial charge in [0.2, 0.25) is 0 Å². The van der Waals surface area contributed by atoms with Crippen LogP contribution in [0.1, 0.15) is 36.1 Å². The molecule has 2 heterocycles. The average Bonchev–Trinajstić information content (AvgIpc) is 2.84. The van der Waals surface area contributed by atoms with Gasteiger partial charge in [-0.1, -0.05) is 37.3 Å². The fourth-order valence-corrected chi connectivity index (χ4v) is 3.22. The Balaban J connectivity index is 1.80. The minimum absolute atomic E-state index is 0.0240. The topological polar surface area (TPSA) is 49.6 Å². The summed E-state index contributed by atoms with van der Waals surface area (Å²) in [6.45, 7) is 8.59. The van der Waals surface area contributed by atoms with E-state index in [0.717, 1.165) is 51.1 Å². The van der Waals surface area contributed by atoms with Gasteiger partial charge in [-0.2, -0.15) is 0 Å². The van der Waals surface area contributed by atoms with Crippen LogP contribution in [0.25, 0.3) is 11.3 Å². The van der Waals surface area contributed by atoms with Crippen molar-refractivity contribution in [3.05, 3.63) is 41.9 Å². The molecule has 24 heavy (non-hydrogen) atoms. The van der Waals surface area contributed by atoms with Gasteiger partial charge in [0.25, 0.3) is 5.91 Å². The molecular formula is C19H25N3O2. The lowest BCUT2D eigenvalue weighted by molar-refractivity contribution is 0.0756. The lowest BCUT2D eigenvalue weighted by Crippen LogP contribution is -2.35. The van der Waals surface area contributed by atoms with Gasteiger partial charge in [0.15, 0.2) is 17.3 Å². The third kappa shape index (κ3) is 3.67. The van der Waals surface area contributed by atoms with Crippen LogP contribution in [0.2, 0.25) is 0 Å². The number of hydrogen-bond acceptors (Lipinski definition) is 4. The Morgan fingerprint density at radius 2 is 1.96 bits per heavy atom. The molecule has 0 saturated carbocycles. The van der Waals surface area contributed by atoms with Gasteiger partial charge in [-0.15, -0.1) is 0 Å². The molecule has 0 spiro atoms. The molecule has 0 N–H and O–H groups in total. The highest BCUT2D eigenvalue weighted by Crippen LogP contribution is 2.26. The smallest absolute Gasteiger partial charge is 0.276 e. The van der Waals surface area contributed by atoms with Crippen LogP contribution < -0.4 is 0 Å². The number of carbonyl (C=O) groups excluding carboxylic acids is 1. The molecule has 1 aromatic carbocycles. The second-order valence-electron chi connectivity index (χ2n) is 6.26. The number of oxazole rings is 1. The van der Waals surface area contributed by atoms with Gasteiger partial charge in [-0.25, -0.2) is 4.98 Å². The summed E-state index contributed by atoms with van der Waals surface area (Å²) in [5.74, 6) is 1.08. The number of hydrogen-bond donors (Lipinski definition) is 0. The van der Waals surface area contributed by atoms with Crippen LogP contribution in [0.4, 0.5) is 0 Å². The van der Waals surface area contributed by atoms with Gasteiger partial charge in [-0.05, 0) is 25.9 Å².